The third-order valence-corrected chi connectivity index (χ3v) is 4.51. The summed E-state index contributed by atoms with van der Waals surface area (Å²) in [6.07, 6.45) is 4.35. The van der Waals surface area contributed by atoms with E-state index in [9.17, 15) is 8.42 Å². The van der Waals surface area contributed by atoms with E-state index in [2.05, 4.69) is 10.0 Å². The largest absolute Gasteiger partial charge is 0.313 e. The molecule has 6 heteroatoms. The molecule has 0 heterocycles. The molecule has 1 saturated carbocycles. The van der Waals surface area contributed by atoms with Crippen LogP contribution in [0.25, 0.3) is 0 Å². The molecule has 1 atom stereocenters. The van der Waals surface area contributed by atoms with Crippen LogP contribution in [0.4, 0.5) is 0 Å². The van der Waals surface area contributed by atoms with E-state index in [1.807, 2.05) is 13.2 Å². The molecule has 15 heavy (non-hydrogen) atoms. The van der Waals surface area contributed by atoms with Crippen molar-refractivity contribution in [1.29, 1.82) is 0 Å². The van der Waals surface area contributed by atoms with E-state index < -0.39 is 10.0 Å². The average molecular weight is 252 g/mol. The fourth-order valence-electron chi connectivity index (χ4n) is 1.33. The van der Waals surface area contributed by atoms with Gasteiger partial charge in [-0.3, -0.25) is 0 Å². The molecule has 0 amide bonds. The Morgan fingerprint density at radius 1 is 1.47 bits per heavy atom. The van der Waals surface area contributed by atoms with E-state index in [4.69, 9.17) is 0 Å². The molecule has 0 spiro atoms. The Balaban J connectivity index is 2.17. The fraction of sp³-hybridized carbons (Fsp3) is 1.00. The first kappa shape index (κ1) is 13.3. The van der Waals surface area contributed by atoms with E-state index in [-0.39, 0.29) is 11.8 Å². The van der Waals surface area contributed by atoms with Gasteiger partial charge >= 0.3 is 0 Å². The second-order valence-corrected chi connectivity index (χ2v) is 6.81. The predicted molar refractivity (Wildman–Crippen MR) is 65.8 cm³/mol. The second-order valence-electron chi connectivity index (χ2n) is 4.02. The molecule has 0 aromatic rings. The van der Waals surface area contributed by atoms with Crippen LogP contribution in [0.15, 0.2) is 0 Å². The van der Waals surface area contributed by atoms with Gasteiger partial charge in [-0.15, -0.1) is 0 Å². The number of nitrogens with one attached hydrogen (secondary N) is 2. The maximum atomic E-state index is 11.6. The summed E-state index contributed by atoms with van der Waals surface area (Å²) in [7, 11) is -3.10. The smallest absolute Gasteiger partial charge is 0.213 e. The Labute approximate surface area is 96.6 Å². The van der Waals surface area contributed by atoms with Crippen LogP contribution in [0.5, 0.6) is 0 Å². The predicted octanol–water partition coefficient (Wildman–Crippen LogP) is 0.409. The normalized spacial score (nSPS) is 19.1. The molecule has 1 fully saturated rings. The molecule has 1 rings (SSSR count). The van der Waals surface area contributed by atoms with Crippen molar-refractivity contribution in [2.24, 2.45) is 0 Å². The van der Waals surface area contributed by atoms with Gasteiger partial charge in [-0.2, -0.15) is 11.8 Å². The molecule has 1 unspecified atom stereocenters. The molecule has 90 valence electrons. The SMILES string of the molecule is CSCC(C)NS(=O)(=O)CCNC1CC1. The van der Waals surface area contributed by atoms with E-state index in [0.29, 0.717) is 12.6 Å². The van der Waals surface area contributed by atoms with Crippen LogP contribution in [-0.2, 0) is 10.0 Å². The van der Waals surface area contributed by atoms with Crippen molar-refractivity contribution in [2.75, 3.05) is 24.3 Å². The minimum Gasteiger partial charge on any atom is -0.313 e. The van der Waals surface area contributed by atoms with E-state index in [1.165, 1.54) is 12.8 Å². The Kier molecular flexibility index (Phi) is 5.38. The Hall–Kier alpha value is 0.220. The van der Waals surface area contributed by atoms with Gasteiger partial charge in [0.05, 0.1) is 5.75 Å². The zero-order chi connectivity index (χ0) is 11.3. The quantitative estimate of drug-likeness (QED) is 0.657. The van der Waals surface area contributed by atoms with Gasteiger partial charge in [0.1, 0.15) is 0 Å². The summed E-state index contributed by atoms with van der Waals surface area (Å²) in [5, 5.41) is 3.19. The minimum absolute atomic E-state index is 0.0194. The highest BCUT2D eigenvalue weighted by molar-refractivity contribution is 7.98. The molecule has 0 aliphatic heterocycles. The molecule has 1 aliphatic rings. The summed E-state index contributed by atoms with van der Waals surface area (Å²) in [5.74, 6) is 0.998. The van der Waals surface area contributed by atoms with Crippen molar-refractivity contribution < 1.29 is 8.42 Å². The standard InChI is InChI=1S/C9H20N2O2S2/c1-8(7-14-2)11-15(12,13)6-5-10-9-3-4-9/h8-11H,3-7H2,1-2H3. The maximum absolute atomic E-state index is 11.6. The first-order chi connectivity index (χ1) is 7.03. The first-order valence-electron chi connectivity index (χ1n) is 5.26. The van der Waals surface area contributed by atoms with Crippen LogP contribution in [0.2, 0.25) is 0 Å². The zero-order valence-corrected chi connectivity index (χ0v) is 11.0. The monoisotopic (exact) mass is 252 g/mol. The summed E-state index contributed by atoms with van der Waals surface area (Å²) in [6.45, 7) is 2.45. The van der Waals surface area contributed by atoms with E-state index in [1.54, 1.807) is 11.8 Å². The highest BCUT2D eigenvalue weighted by Crippen LogP contribution is 2.17. The molecule has 0 bridgehead atoms. The number of hydrogen-bond acceptors (Lipinski definition) is 4. The molecular formula is C9H20N2O2S2. The second kappa shape index (κ2) is 6.08. The minimum atomic E-state index is -3.10. The van der Waals surface area contributed by atoms with Gasteiger partial charge in [0.15, 0.2) is 0 Å². The number of thioether (sulfide) groups is 1. The average Bonchev–Trinajstić information content (AvgIpc) is 2.86. The Morgan fingerprint density at radius 3 is 2.67 bits per heavy atom. The van der Waals surface area contributed by atoms with Gasteiger partial charge in [-0.25, -0.2) is 13.1 Å². The summed E-state index contributed by atoms with van der Waals surface area (Å²) in [5.41, 5.74) is 0. The van der Waals surface area contributed by atoms with Crippen molar-refractivity contribution >= 4 is 21.8 Å². The van der Waals surface area contributed by atoms with Crippen LogP contribution in [0.1, 0.15) is 19.8 Å². The van der Waals surface area contributed by atoms with Crippen LogP contribution in [0.3, 0.4) is 0 Å². The lowest BCUT2D eigenvalue weighted by Crippen LogP contribution is -2.38. The lowest BCUT2D eigenvalue weighted by atomic mass is 10.4. The van der Waals surface area contributed by atoms with Gasteiger partial charge in [-0.1, -0.05) is 0 Å². The Bertz CT molecular complexity index is 276. The number of rotatable bonds is 8. The van der Waals surface area contributed by atoms with Crippen molar-refractivity contribution in [1.82, 2.24) is 10.0 Å². The van der Waals surface area contributed by atoms with Gasteiger partial charge in [0, 0.05) is 24.4 Å². The number of hydrogen-bond donors (Lipinski definition) is 2. The lowest BCUT2D eigenvalue weighted by Gasteiger charge is -2.12. The lowest BCUT2D eigenvalue weighted by molar-refractivity contribution is 0.566. The first-order valence-corrected chi connectivity index (χ1v) is 8.30. The third kappa shape index (κ3) is 6.40. The molecule has 0 radical (unpaired) electrons. The highest BCUT2D eigenvalue weighted by atomic mass is 32.2. The van der Waals surface area contributed by atoms with E-state index >= 15 is 0 Å². The van der Waals surface area contributed by atoms with Crippen molar-refractivity contribution in [3.63, 3.8) is 0 Å². The van der Waals surface area contributed by atoms with Gasteiger partial charge in [0.2, 0.25) is 10.0 Å². The summed E-state index contributed by atoms with van der Waals surface area (Å²) in [4.78, 5) is 0. The van der Waals surface area contributed by atoms with Gasteiger partial charge < -0.3 is 5.32 Å². The van der Waals surface area contributed by atoms with Crippen LogP contribution < -0.4 is 10.0 Å². The van der Waals surface area contributed by atoms with Gasteiger partial charge in [0.25, 0.3) is 0 Å². The molecule has 0 aromatic carbocycles. The molecule has 0 saturated heterocycles. The zero-order valence-electron chi connectivity index (χ0n) is 9.32. The summed E-state index contributed by atoms with van der Waals surface area (Å²) in [6, 6.07) is 0.592. The fourth-order valence-corrected chi connectivity index (χ4v) is 3.22. The molecular weight excluding hydrogens is 232 g/mol. The van der Waals surface area contributed by atoms with Crippen LogP contribution in [-0.4, -0.2) is 44.8 Å². The number of sulfonamides is 1. The Morgan fingerprint density at radius 2 is 2.13 bits per heavy atom. The van der Waals surface area contributed by atoms with Crippen molar-refractivity contribution in [2.45, 2.75) is 31.8 Å². The van der Waals surface area contributed by atoms with Crippen LogP contribution in [0, 0.1) is 0 Å². The third-order valence-electron chi connectivity index (χ3n) is 2.18. The summed E-state index contributed by atoms with van der Waals surface area (Å²) >= 11 is 1.65. The molecule has 0 aromatic heterocycles. The topological polar surface area (TPSA) is 58.2 Å². The highest BCUT2D eigenvalue weighted by Gasteiger charge is 2.21. The molecule has 4 nitrogen and oxygen atoms in total. The molecule has 2 N–H and O–H groups in total. The maximum Gasteiger partial charge on any atom is 0.213 e. The van der Waals surface area contributed by atoms with Crippen LogP contribution >= 0.6 is 11.8 Å². The van der Waals surface area contributed by atoms with Gasteiger partial charge in [-0.05, 0) is 26.0 Å². The summed E-state index contributed by atoms with van der Waals surface area (Å²) < 4.78 is 25.8. The van der Waals surface area contributed by atoms with Crippen molar-refractivity contribution in [3.8, 4) is 0 Å². The molecule has 1 aliphatic carbocycles. The van der Waals surface area contributed by atoms with E-state index in [0.717, 1.165) is 5.75 Å². The van der Waals surface area contributed by atoms with Crippen molar-refractivity contribution in [3.05, 3.63) is 0 Å².